The van der Waals surface area contributed by atoms with Crippen molar-refractivity contribution in [3.8, 4) is 0 Å². The largest absolute Gasteiger partial charge is 0.302 e. The van der Waals surface area contributed by atoms with Gasteiger partial charge in [-0.25, -0.2) is 0 Å². The molecule has 0 aliphatic carbocycles. The first-order chi connectivity index (χ1) is 6.03. The summed E-state index contributed by atoms with van der Waals surface area (Å²) in [4.78, 5) is 13.0. The maximum absolute atomic E-state index is 10.9. The van der Waals surface area contributed by atoms with Gasteiger partial charge in [-0.3, -0.25) is 4.90 Å². The summed E-state index contributed by atoms with van der Waals surface area (Å²) in [6.45, 7) is 9.16. The van der Waals surface area contributed by atoms with E-state index in [9.17, 15) is 4.79 Å². The molecule has 1 saturated heterocycles. The zero-order valence-corrected chi connectivity index (χ0v) is 8.79. The Balaban J connectivity index is 2.81. The van der Waals surface area contributed by atoms with Crippen molar-refractivity contribution in [2.75, 3.05) is 13.6 Å². The van der Waals surface area contributed by atoms with Crippen molar-refractivity contribution in [2.45, 2.75) is 26.3 Å². The van der Waals surface area contributed by atoms with Crippen molar-refractivity contribution in [3.05, 3.63) is 12.7 Å². The highest BCUT2D eigenvalue weighted by atomic mass is 16.1. The van der Waals surface area contributed by atoms with Crippen molar-refractivity contribution in [3.63, 3.8) is 0 Å². The van der Waals surface area contributed by atoms with Crippen LogP contribution in [0.2, 0.25) is 0 Å². The highest BCUT2D eigenvalue weighted by Gasteiger charge is 2.39. The minimum absolute atomic E-state index is 0.0658. The summed E-state index contributed by atoms with van der Waals surface area (Å²) < 4.78 is 0. The summed E-state index contributed by atoms with van der Waals surface area (Å²) in [6, 6.07) is 0.0769. The van der Waals surface area contributed by atoms with Crippen LogP contribution in [0.15, 0.2) is 12.7 Å². The van der Waals surface area contributed by atoms with Crippen LogP contribution in [0.25, 0.3) is 0 Å². The third-order valence-electron chi connectivity index (χ3n) is 3.34. The fourth-order valence-corrected chi connectivity index (χ4v) is 2.13. The van der Waals surface area contributed by atoms with Crippen molar-refractivity contribution in [2.24, 2.45) is 11.3 Å². The molecule has 2 nitrogen and oxygen atoms in total. The molecule has 1 fully saturated rings. The Morgan fingerprint density at radius 1 is 1.54 bits per heavy atom. The molecular weight excluding hydrogens is 162 g/mol. The smallest absolute Gasteiger partial charge is 0.137 e. The summed E-state index contributed by atoms with van der Waals surface area (Å²) in [5.74, 6) is 0.424. The Morgan fingerprint density at radius 2 is 2.15 bits per heavy atom. The number of carbonyl (C=O) groups is 1. The number of rotatable bonds is 3. The summed E-state index contributed by atoms with van der Waals surface area (Å²) in [5.41, 5.74) is 0.0658. The molecule has 74 valence electrons. The van der Waals surface area contributed by atoms with Gasteiger partial charge < -0.3 is 4.79 Å². The van der Waals surface area contributed by atoms with Crippen molar-refractivity contribution < 1.29 is 4.79 Å². The second-order valence-corrected chi connectivity index (χ2v) is 4.53. The summed E-state index contributed by atoms with van der Waals surface area (Å²) in [7, 11) is 2.01. The Morgan fingerprint density at radius 3 is 2.62 bits per heavy atom. The van der Waals surface area contributed by atoms with Gasteiger partial charge in [0.05, 0.1) is 6.04 Å². The third-order valence-corrected chi connectivity index (χ3v) is 3.34. The van der Waals surface area contributed by atoms with E-state index < -0.39 is 0 Å². The zero-order chi connectivity index (χ0) is 10.1. The molecule has 0 spiro atoms. The van der Waals surface area contributed by atoms with Gasteiger partial charge in [-0.1, -0.05) is 19.9 Å². The van der Waals surface area contributed by atoms with Gasteiger partial charge in [0.1, 0.15) is 6.29 Å². The average molecular weight is 181 g/mol. The first-order valence-corrected chi connectivity index (χ1v) is 4.82. The maximum atomic E-state index is 10.9. The monoisotopic (exact) mass is 181 g/mol. The second-order valence-electron chi connectivity index (χ2n) is 4.53. The molecule has 1 heterocycles. The number of likely N-dealkylation sites (tertiary alicyclic amines) is 1. The lowest BCUT2D eigenvalue weighted by atomic mass is 9.75. The lowest BCUT2D eigenvalue weighted by Gasteiger charge is -2.31. The quantitative estimate of drug-likeness (QED) is 0.488. The number of hydrogen-bond donors (Lipinski definition) is 0. The van der Waals surface area contributed by atoms with Crippen LogP contribution in [-0.4, -0.2) is 30.8 Å². The molecule has 1 unspecified atom stereocenters. The number of aldehydes is 1. The Labute approximate surface area is 80.6 Å². The van der Waals surface area contributed by atoms with E-state index in [4.69, 9.17) is 0 Å². The standard InChI is InChI=1S/C11H19NO/c1-5-11(2,3)9-6-7-12(4)10(9)8-13/h5,8-10H,1,6-7H2,2-4H3/t9?,10-/m1/s1. The summed E-state index contributed by atoms with van der Waals surface area (Å²) in [6.07, 6.45) is 4.13. The van der Waals surface area contributed by atoms with Crippen LogP contribution in [0.1, 0.15) is 20.3 Å². The highest BCUT2D eigenvalue weighted by Crippen LogP contribution is 2.38. The molecule has 2 atom stereocenters. The summed E-state index contributed by atoms with van der Waals surface area (Å²) >= 11 is 0. The second kappa shape index (κ2) is 3.62. The van der Waals surface area contributed by atoms with E-state index in [1.54, 1.807) is 0 Å². The molecule has 0 N–H and O–H groups in total. The van der Waals surface area contributed by atoms with Gasteiger partial charge in [0.2, 0.25) is 0 Å². The van der Waals surface area contributed by atoms with Gasteiger partial charge >= 0.3 is 0 Å². The molecule has 0 aromatic rings. The van der Waals surface area contributed by atoms with Crippen LogP contribution in [0.3, 0.4) is 0 Å². The van der Waals surface area contributed by atoms with E-state index in [1.165, 1.54) is 0 Å². The zero-order valence-electron chi connectivity index (χ0n) is 8.79. The number of carbonyl (C=O) groups excluding carboxylic acids is 1. The highest BCUT2D eigenvalue weighted by molar-refractivity contribution is 5.59. The number of likely N-dealkylation sites (N-methyl/N-ethyl adjacent to an activating group) is 1. The SMILES string of the molecule is C=CC(C)(C)C1CCN(C)[C@@H]1C=O. The van der Waals surface area contributed by atoms with Crippen LogP contribution < -0.4 is 0 Å². The van der Waals surface area contributed by atoms with Gasteiger partial charge in [0.25, 0.3) is 0 Å². The minimum Gasteiger partial charge on any atom is -0.302 e. The van der Waals surface area contributed by atoms with E-state index >= 15 is 0 Å². The number of allylic oxidation sites excluding steroid dienone is 1. The third kappa shape index (κ3) is 1.83. The molecule has 1 rings (SSSR count). The first-order valence-electron chi connectivity index (χ1n) is 4.82. The number of hydrogen-bond acceptors (Lipinski definition) is 2. The molecule has 0 amide bonds. The van der Waals surface area contributed by atoms with Gasteiger partial charge in [0.15, 0.2) is 0 Å². The van der Waals surface area contributed by atoms with Crippen molar-refractivity contribution in [1.29, 1.82) is 0 Å². The van der Waals surface area contributed by atoms with Crippen molar-refractivity contribution >= 4 is 6.29 Å². The Bertz CT molecular complexity index is 210. The number of nitrogens with zero attached hydrogens (tertiary/aromatic N) is 1. The maximum Gasteiger partial charge on any atom is 0.137 e. The molecular formula is C11H19NO. The minimum atomic E-state index is 0.0658. The van der Waals surface area contributed by atoms with E-state index in [0.717, 1.165) is 19.3 Å². The molecule has 0 bridgehead atoms. The fourth-order valence-electron chi connectivity index (χ4n) is 2.13. The molecule has 13 heavy (non-hydrogen) atoms. The van der Waals surface area contributed by atoms with Crippen LogP contribution in [0.4, 0.5) is 0 Å². The topological polar surface area (TPSA) is 20.3 Å². The van der Waals surface area contributed by atoms with Gasteiger partial charge in [-0.05, 0) is 31.3 Å². The predicted octanol–water partition coefficient (Wildman–Crippen LogP) is 1.72. The molecule has 1 aliphatic heterocycles. The molecule has 1 aliphatic rings. The van der Waals surface area contributed by atoms with Crippen LogP contribution >= 0.6 is 0 Å². The predicted molar refractivity (Wildman–Crippen MR) is 54.6 cm³/mol. The van der Waals surface area contributed by atoms with Gasteiger partial charge in [-0.15, -0.1) is 6.58 Å². The Hall–Kier alpha value is -0.630. The molecule has 0 aromatic heterocycles. The first kappa shape index (κ1) is 10.5. The molecule has 0 aromatic carbocycles. The van der Waals surface area contributed by atoms with E-state index in [1.807, 2.05) is 13.1 Å². The molecule has 0 radical (unpaired) electrons. The van der Waals surface area contributed by atoms with Crippen LogP contribution in [-0.2, 0) is 4.79 Å². The Kier molecular flexibility index (Phi) is 2.91. The van der Waals surface area contributed by atoms with Crippen LogP contribution in [0.5, 0.6) is 0 Å². The fraction of sp³-hybridized carbons (Fsp3) is 0.727. The lowest BCUT2D eigenvalue weighted by molar-refractivity contribution is -0.112. The van der Waals surface area contributed by atoms with Crippen molar-refractivity contribution in [1.82, 2.24) is 4.90 Å². The summed E-state index contributed by atoms with van der Waals surface area (Å²) in [5, 5.41) is 0. The van der Waals surface area contributed by atoms with E-state index in [0.29, 0.717) is 5.92 Å². The molecule has 0 saturated carbocycles. The van der Waals surface area contributed by atoms with Gasteiger partial charge in [-0.2, -0.15) is 0 Å². The average Bonchev–Trinajstić information content (AvgIpc) is 2.47. The molecule has 2 heteroatoms. The van der Waals surface area contributed by atoms with E-state index in [-0.39, 0.29) is 11.5 Å². The van der Waals surface area contributed by atoms with Crippen LogP contribution in [0, 0.1) is 11.3 Å². The van der Waals surface area contributed by atoms with Gasteiger partial charge in [0, 0.05) is 0 Å². The lowest BCUT2D eigenvalue weighted by Crippen LogP contribution is -2.36. The van der Waals surface area contributed by atoms with E-state index in [2.05, 4.69) is 25.3 Å². The normalized spacial score (nSPS) is 30.4.